The number of hydrogen-bond acceptors (Lipinski definition) is 2. The van der Waals surface area contributed by atoms with Crippen LogP contribution in [0, 0.1) is 5.92 Å². The Balaban J connectivity index is 2.06. The molecule has 2 nitrogen and oxygen atoms in total. The van der Waals surface area contributed by atoms with Crippen molar-refractivity contribution in [1.29, 1.82) is 0 Å². The second-order valence-corrected chi connectivity index (χ2v) is 6.24. The van der Waals surface area contributed by atoms with Crippen molar-refractivity contribution < 1.29 is 4.74 Å². The molecule has 0 aromatic heterocycles. The highest BCUT2D eigenvalue weighted by Crippen LogP contribution is 2.33. The smallest absolute Gasteiger partial charge is 0.120 e. The van der Waals surface area contributed by atoms with Gasteiger partial charge in [-0.15, -0.1) is 0 Å². The molecule has 0 amide bonds. The topological polar surface area (TPSA) is 21.3 Å². The summed E-state index contributed by atoms with van der Waals surface area (Å²) < 4.78 is 5.83. The minimum atomic E-state index is 0.234. The first-order valence-electron chi connectivity index (χ1n) is 8.19. The molecule has 0 bridgehead atoms. The van der Waals surface area contributed by atoms with Gasteiger partial charge in [0.2, 0.25) is 0 Å². The van der Waals surface area contributed by atoms with Crippen LogP contribution >= 0.6 is 0 Å². The first kappa shape index (κ1) is 15.4. The van der Waals surface area contributed by atoms with Gasteiger partial charge in [0, 0.05) is 6.04 Å². The summed E-state index contributed by atoms with van der Waals surface area (Å²) in [7, 11) is 0. The molecule has 0 aliphatic heterocycles. The van der Waals surface area contributed by atoms with E-state index in [2.05, 4.69) is 50.4 Å². The third kappa shape index (κ3) is 4.52. The molecule has 1 atom stereocenters. The van der Waals surface area contributed by atoms with Crippen molar-refractivity contribution in [3.63, 3.8) is 0 Å². The molecule has 0 radical (unpaired) electrons. The Morgan fingerprint density at radius 2 is 2.00 bits per heavy atom. The molecular weight excluding hydrogens is 246 g/mol. The van der Waals surface area contributed by atoms with Gasteiger partial charge in [0.15, 0.2) is 0 Å². The fraction of sp³-hybridized carbons (Fsp3) is 0.667. The van der Waals surface area contributed by atoms with Gasteiger partial charge in [-0.3, -0.25) is 0 Å². The summed E-state index contributed by atoms with van der Waals surface area (Å²) in [6.45, 7) is 7.36. The summed E-state index contributed by atoms with van der Waals surface area (Å²) in [6.07, 6.45) is 7.14. The summed E-state index contributed by atoms with van der Waals surface area (Å²) in [5.41, 5.74) is 1.37. The largest absolute Gasteiger partial charge is 0.491 e. The lowest BCUT2D eigenvalue weighted by Crippen LogP contribution is -2.23. The van der Waals surface area contributed by atoms with E-state index in [4.69, 9.17) is 4.74 Å². The second kappa shape index (κ2) is 7.68. The first-order chi connectivity index (χ1) is 9.69. The highest BCUT2D eigenvalue weighted by Gasteiger charge is 2.21. The summed E-state index contributed by atoms with van der Waals surface area (Å²) in [6, 6.07) is 9.09. The zero-order valence-electron chi connectivity index (χ0n) is 13.2. The molecule has 2 heteroatoms. The first-order valence-corrected chi connectivity index (χ1v) is 8.19. The molecule has 0 saturated heterocycles. The lowest BCUT2D eigenvalue weighted by Gasteiger charge is -2.22. The van der Waals surface area contributed by atoms with Crippen LogP contribution in [-0.4, -0.2) is 12.6 Å². The molecule has 1 aromatic carbocycles. The minimum absolute atomic E-state index is 0.234. The van der Waals surface area contributed by atoms with Crippen molar-refractivity contribution in [2.24, 2.45) is 5.92 Å². The Labute approximate surface area is 123 Å². The highest BCUT2D eigenvalue weighted by atomic mass is 16.5. The van der Waals surface area contributed by atoms with Crippen LogP contribution in [-0.2, 0) is 0 Å². The second-order valence-electron chi connectivity index (χ2n) is 6.24. The molecule has 20 heavy (non-hydrogen) atoms. The van der Waals surface area contributed by atoms with Crippen molar-refractivity contribution in [2.45, 2.75) is 65.0 Å². The third-order valence-corrected chi connectivity index (χ3v) is 4.13. The molecule has 1 fully saturated rings. The van der Waals surface area contributed by atoms with E-state index >= 15 is 0 Å². The van der Waals surface area contributed by atoms with Crippen molar-refractivity contribution in [2.75, 3.05) is 6.54 Å². The van der Waals surface area contributed by atoms with Crippen molar-refractivity contribution >= 4 is 0 Å². The van der Waals surface area contributed by atoms with Gasteiger partial charge in [0.05, 0.1) is 6.10 Å². The minimum Gasteiger partial charge on any atom is -0.491 e. The number of benzene rings is 1. The fourth-order valence-electron chi connectivity index (χ4n) is 3.24. The van der Waals surface area contributed by atoms with Crippen LogP contribution in [0.5, 0.6) is 5.75 Å². The Morgan fingerprint density at radius 3 is 2.65 bits per heavy atom. The molecule has 1 N–H and O–H groups in total. The van der Waals surface area contributed by atoms with E-state index in [1.165, 1.54) is 37.7 Å². The van der Waals surface area contributed by atoms with E-state index < -0.39 is 0 Å². The average molecular weight is 275 g/mol. The van der Waals surface area contributed by atoms with E-state index in [1.54, 1.807) is 0 Å². The quantitative estimate of drug-likeness (QED) is 0.778. The summed E-state index contributed by atoms with van der Waals surface area (Å²) in [5, 5.41) is 3.65. The maximum Gasteiger partial charge on any atom is 0.120 e. The van der Waals surface area contributed by atoms with Gasteiger partial charge in [-0.1, -0.05) is 44.7 Å². The molecular formula is C18H29NO. The number of nitrogens with one attached hydrogen (secondary N) is 1. The molecule has 1 aromatic rings. The molecule has 0 heterocycles. The van der Waals surface area contributed by atoms with E-state index in [0.717, 1.165) is 18.2 Å². The van der Waals surface area contributed by atoms with Gasteiger partial charge in [-0.25, -0.2) is 0 Å². The zero-order chi connectivity index (χ0) is 14.4. The van der Waals surface area contributed by atoms with Crippen LogP contribution in [0.1, 0.15) is 64.5 Å². The van der Waals surface area contributed by atoms with E-state index in [0.29, 0.717) is 6.04 Å². The number of hydrogen-bond donors (Lipinski definition) is 1. The average Bonchev–Trinajstić information content (AvgIpc) is 2.91. The van der Waals surface area contributed by atoms with Crippen molar-refractivity contribution in [1.82, 2.24) is 5.32 Å². The molecule has 1 aliphatic carbocycles. The van der Waals surface area contributed by atoms with Crippen molar-refractivity contribution in [3.05, 3.63) is 29.8 Å². The molecule has 0 spiro atoms. The maximum atomic E-state index is 5.83. The molecule has 1 unspecified atom stereocenters. The number of rotatable bonds is 7. The number of ether oxygens (including phenoxy) is 1. The maximum absolute atomic E-state index is 5.83. The summed E-state index contributed by atoms with van der Waals surface area (Å²) in [5.74, 6) is 1.89. The SMILES string of the molecule is CCNC(CC1CCCC1)c1cccc(OC(C)C)c1. The molecule has 112 valence electrons. The molecule has 1 aliphatic rings. The standard InChI is InChI=1S/C18H29NO/c1-4-19-18(12-15-8-5-6-9-15)16-10-7-11-17(13-16)20-14(2)3/h7,10-11,13-15,18-19H,4-6,8-9,12H2,1-3H3. The summed E-state index contributed by atoms with van der Waals surface area (Å²) in [4.78, 5) is 0. The predicted molar refractivity (Wildman–Crippen MR) is 85.2 cm³/mol. The highest BCUT2D eigenvalue weighted by molar-refractivity contribution is 5.30. The van der Waals surface area contributed by atoms with Gasteiger partial charge in [0.1, 0.15) is 5.75 Å². The van der Waals surface area contributed by atoms with Crippen LogP contribution in [0.4, 0.5) is 0 Å². The lowest BCUT2D eigenvalue weighted by molar-refractivity contribution is 0.242. The normalized spacial score (nSPS) is 17.6. The van der Waals surface area contributed by atoms with E-state index in [1.807, 2.05) is 0 Å². The van der Waals surface area contributed by atoms with Crippen LogP contribution in [0.25, 0.3) is 0 Å². The van der Waals surface area contributed by atoms with Gasteiger partial charge in [0.25, 0.3) is 0 Å². The van der Waals surface area contributed by atoms with Crippen LogP contribution in [0.3, 0.4) is 0 Å². The molecule has 1 saturated carbocycles. The summed E-state index contributed by atoms with van der Waals surface area (Å²) >= 11 is 0. The Kier molecular flexibility index (Phi) is 5.90. The van der Waals surface area contributed by atoms with Crippen LogP contribution in [0.2, 0.25) is 0 Å². The predicted octanol–water partition coefficient (Wildman–Crippen LogP) is 4.70. The van der Waals surface area contributed by atoms with Gasteiger partial charge >= 0.3 is 0 Å². The van der Waals surface area contributed by atoms with Crippen LogP contribution < -0.4 is 10.1 Å². The Bertz CT molecular complexity index is 396. The Hall–Kier alpha value is -1.02. The third-order valence-electron chi connectivity index (χ3n) is 4.13. The zero-order valence-corrected chi connectivity index (χ0v) is 13.2. The molecule has 2 rings (SSSR count). The van der Waals surface area contributed by atoms with E-state index in [-0.39, 0.29) is 6.10 Å². The van der Waals surface area contributed by atoms with Crippen molar-refractivity contribution in [3.8, 4) is 5.75 Å². The Morgan fingerprint density at radius 1 is 1.25 bits per heavy atom. The van der Waals surface area contributed by atoms with Crippen LogP contribution in [0.15, 0.2) is 24.3 Å². The fourth-order valence-corrected chi connectivity index (χ4v) is 3.24. The van der Waals surface area contributed by atoms with Gasteiger partial charge in [-0.2, -0.15) is 0 Å². The van der Waals surface area contributed by atoms with E-state index in [9.17, 15) is 0 Å². The lowest BCUT2D eigenvalue weighted by atomic mass is 9.93. The van der Waals surface area contributed by atoms with Gasteiger partial charge < -0.3 is 10.1 Å². The monoisotopic (exact) mass is 275 g/mol. The van der Waals surface area contributed by atoms with Gasteiger partial charge in [-0.05, 0) is 50.4 Å².